The van der Waals surface area contributed by atoms with Gasteiger partial charge in [-0.3, -0.25) is 4.79 Å². The fourth-order valence-corrected chi connectivity index (χ4v) is 2.02. The molecule has 1 atom stereocenters. The lowest BCUT2D eigenvalue weighted by Gasteiger charge is -2.28. The molecule has 0 fully saturated rings. The molecule has 20 heavy (non-hydrogen) atoms. The molecule has 5 nitrogen and oxygen atoms in total. The Morgan fingerprint density at radius 2 is 2.10 bits per heavy atom. The van der Waals surface area contributed by atoms with Gasteiger partial charge < -0.3 is 14.4 Å². The van der Waals surface area contributed by atoms with Crippen LogP contribution in [0.2, 0.25) is 10.2 Å². The first-order chi connectivity index (χ1) is 9.51. The summed E-state index contributed by atoms with van der Waals surface area (Å²) < 4.78 is 10.1. The van der Waals surface area contributed by atoms with Crippen LogP contribution in [0.15, 0.2) is 12.3 Å². The summed E-state index contributed by atoms with van der Waals surface area (Å²) in [6.07, 6.45) is 1.41. The van der Waals surface area contributed by atoms with Crippen LogP contribution in [0.4, 0.5) is 0 Å². The first-order valence-corrected chi connectivity index (χ1v) is 6.86. The van der Waals surface area contributed by atoms with Crippen LogP contribution in [-0.2, 0) is 9.47 Å². The predicted octanol–water partition coefficient (Wildman–Crippen LogP) is 2.51. The minimum Gasteiger partial charge on any atom is -0.383 e. The molecule has 0 saturated heterocycles. The zero-order valence-corrected chi connectivity index (χ0v) is 13.2. The molecule has 0 aromatic carbocycles. The number of ether oxygens (including phenoxy) is 2. The molecule has 0 N–H and O–H groups in total. The molecule has 0 spiro atoms. The van der Waals surface area contributed by atoms with Gasteiger partial charge in [-0.15, -0.1) is 0 Å². The van der Waals surface area contributed by atoms with Gasteiger partial charge in [0.2, 0.25) is 0 Å². The van der Waals surface area contributed by atoms with Crippen molar-refractivity contribution in [3.63, 3.8) is 0 Å². The van der Waals surface area contributed by atoms with Crippen molar-refractivity contribution in [3.05, 3.63) is 28.0 Å². The maximum atomic E-state index is 12.5. The Hall–Kier alpha value is -0.880. The number of halogens is 2. The Kier molecular flexibility index (Phi) is 7.23. The van der Waals surface area contributed by atoms with Gasteiger partial charge >= 0.3 is 0 Å². The average molecular weight is 321 g/mol. The van der Waals surface area contributed by atoms with Gasteiger partial charge in [0.1, 0.15) is 5.15 Å². The van der Waals surface area contributed by atoms with E-state index < -0.39 is 0 Å². The van der Waals surface area contributed by atoms with E-state index in [4.69, 9.17) is 32.7 Å². The number of nitrogens with zero attached hydrogens (tertiary/aromatic N) is 2. The van der Waals surface area contributed by atoms with Crippen molar-refractivity contribution >= 4 is 29.1 Å². The molecule has 0 saturated carbocycles. The lowest BCUT2D eigenvalue weighted by atomic mass is 10.2. The van der Waals surface area contributed by atoms with E-state index in [0.717, 1.165) is 0 Å². The molecule has 1 heterocycles. The minimum atomic E-state index is -0.183. The van der Waals surface area contributed by atoms with Crippen LogP contribution >= 0.6 is 23.2 Å². The summed E-state index contributed by atoms with van der Waals surface area (Å²) in [7, 11) is 3.18. The van der Waals surface area contributed by atoms with Gasteiger partial charge in [-0.25, -0.2) is 4.98 Å². The van der Waals surface area contributed by atoms with Crippen LogP contribution in [0.5, 0.6) is 0 Å². The lowest BCUT2D eigenvalue weighted by Crippen LogP contribution is -2.43. The average Bonchev–Trinajstić information content (AvgIpc) is 2.42. The second-order valence-electron chi connectivity index (χ2n) is 4.29. The monoisotopic (exact) mass is 320 g/mol. The first-order valence-electron chi connectivity index (χ1n) is 6.11. The maximum Gasteiger partial charge on any atom is 0.255 e. The molecule has 0 aliphatic heterocycles. The van der Waals surface area contributed by atoms with E-state index >= 15 is 0 Å². The number of amides is 1. The van der Waals surface area contributed by atoms with Crippen LogP contribution < -0.4 is 0 Å². The van der Waals surface area contributed by atoms with Gasteiger partial charge in [0.15, 0.2) is 0 Å². The SMILES string of the molecule is COCCN(C(=O)c1cnc(Cl)c(Cl)c1)C(C)COC. The minimum absolute atomic E-state index is 0.0860. The van der Waals surface area contributed by atoms with Crippen LogP contribution in [0.3, 0.4) is 0 Å². The second-order valence-corrected chi connectivity index (χ2v) is 5.06. The van der Waals surface area contributed by atoms with Crippen molar-refractivity contribution in [2.24, 2.45) is 0 Å². The predicted molar refractivity (Wildman–Crippen MR) is 78.5 cm³/mol. The topological polar surface area (TPSA) is 51.7 Å². The number of aromatic nitrogens is 1. The molecule has 0 bridgehead atoms. The molecule has 7 heteroatoms. The fraction of sp³-hybridized carbons (Fsp3) is 0.538. The van der Waals surface area contributed by atoms with Crippen LogP contribution in [-0.4, -0.2) is 55.8 Å². The normalized spacial score (nSPS) is 12.2. The van der Waals surface area contributed by atoms with Crippen LogP contribution in [0.1, 0.15) is 17.3 Å². The van der Waals surface area contributed by atoms with Crippen molar-refractivity contribution in [1.82, 2.24) is 9.88 Å². The van der Waals surface area contributed by atoms with E-state index in [9.17, 15) is 4.79 Å². The van der Waals surface area contributed by atoms with E-state index in [1.807, 2.05) is 6.92 Å². The molecule has 1 aromatic heterocycles. The quantitative estimate of drug-likeness (QED) is 0.724. The summed E-state index contributed by atoms with van der Waals surface area (Å²) in [6.45, 7) is 3.24. The summed E-state index contributed by atoms with van der Waals surface area (Å²) in [5, 5.41) is 0.431. The summed E-state index contributed by atoms with van der Waals surface area (Å²) in [6, 6.07) is 1.43. The van der Waals surface area contributed by atoms with E-state index in [1.165, 1.54) is 12.3 Å². The zero-order chi connectivity index (χ0) is 15.1. The summed E-state index contributed by atoms with van der Waals surface area (Å²) in [4.78, 5) is 18.1. The third-order valence-electron chi connectivity index (χ3n) is 2.78. The van der Waals surface area contributed by atoms with E-state index in [0.29, 0.717) is 25.3 Å². The third-order valence-corrected chi connectivity index (χ3v) is 3.47. The Balaban J connectivity index is 2.93. The van der Waals surface area contributed by atoms with Gasteiger partial charge in [0, 0.05) is 27.0 Å². The Bertz CT molecular complexity index is 457. The number of carbonyl (C=O) groups excluding carboxylic acids is 1. The number of carbonyl (C=O) groups is 1. The van der Waals surface area contributed by atoms with Gasteiger partial charge in [-0.1, -0.05) is 23.2 Å². The number of pyridine rings is 1. The molecule has 1 aromatic rings. The summed E-state index contributed by atoms with van der Waals surface area (Å²) in [5.74, 6) is -0.183. The smallest absolute Gasteiger partial charge is 0.255 e. The highest BCUT2D eigenvalue weighted by atomic mass is 35.5. The van der Waals surface area contributed by atoms with Crippen LogP contribution in [0, 0.1) is 0 Å². The van der Waals surface area contributed by atoms with Crippen molar-refractivity contribution < 1.29 is 14.3 Å². The zero-order valence-electron chi connectivity index (χ0n) is 11.7. The first kappa shape index (κ1) is 17.2. The van der Waals surface area contributed by atoms with Gasteiger partial charge in [0.25, 0.3) is 5.91 Å². The molecule has 1 unspecified atom stereocenters. The lowest BCUT2D eigenvalue weighted by molar-refractivity contribution is 0.0479. The molecular weight excluding hydrogens is 303 g/mol. The Labute approximate surface area is 128 Å². The Morgan fingerprint density at radius 1 is 1.40 bits per heavy atom. The van der Waals surface area contributed by atoms with E-state index in [-0.39, 0.29) is 22.1 Å². The number of methoxy groups -OCH3 is 2. The molecule has 0 aliphatic carbocycles. The second kappa shape index (κ2) is 8.42. The highest BCUT2D eigenvalue weighted by Crippen LogP contribution is 2.21. The summed E-state index contributed by atoms with van der Waals surface area (Å²) in [5.41, 5.74) is 0.387. The van der Waals surface area contributed by atoms with Crippen LogP contribution in [0.25, 0.3) is 0 Å². The van der Waals surface area contributed by atoms with E-state index in [1.54, 1.807) is 19.1 Å². The van der Waals surface area contributed by atoms with Crippen molar-refractivity contribution in [3.8, 4) is 0 Å². The van der Waals surface area contributed by atoms with Gasteiger partial charge in [0.05, 0.1) is 29.8 Å². The standard InChI is InChI=1S/C13H18Cl2N2O3/c1-9(8-20-3)17(4-5-19-2)13(18)10-6-11(14)12(15)16-7-10/h6-7,9H,4-5,8H2,1-3H3. The maximum absolute atomic E-state index is 12.5. The highest BCUT2D eigenvalue weighted by molar-refractivity contribution is 6.41. The van der Waals surface area contributed by atoms with Crippen molar-refractivity contribution in [1.29, 1.82) is 0 Å². The molecule has 1 amide bonds. The van der Waals surface area contributed by atoms with E-state index in [2.05, 4.69) is 4.98 Å². The van der Waals surface area contributed by atoms with Gasteiger partial charge in [-0.2, -0.15) is 0 Å². The van der Waals surface area contributed by atoms with Crippen molar-refractivity contribution in [2.45, 2.75) is 13.0 Å². The molecule has 1 rings (SSSR count). The highest BCUT2D eigenvalue weighted by Gasteiger charge is 2.22. The number of hydrogen-bond donors (Lipinski definition) is 0. The third kappa shape index (κ3) is 4.59. The number of hydrogen-bond acceptors (Lipinski definition) is 4. The molecule has 0 aliphatic rings. The molecule has 0 radical (unpaired) electrons. The van der Waals surface area contributed by atoms with Crippen molar-refractivity contribution in [2.75, 3.05) is 34.0 Å². The largest absolute Gasteiger partial charge is 0.383 e. The Morgan fingerprint density at radius 3 is 2.65 bits per heavy atom. The molecule has 112 valence electrons. The molecular formula is C13H18Cl2N2O3. The van der Waals surface area contributed by atoms with Gasteiger partial charge in [-0.05, 0) is 13.0 Å². The number of rotatable bonds is 7. The fourth-order valence-electron chi connectivity index (χ4n) is 1.75. The summed E-state index contributed by atoms with van der Waals surface area (Å²) >= 11 is 11.6.